The van der Waals surface area contributed by atoms with Gasteiger partial charge in [0.25, 0.3) is 0 Å². The van der Waals surface area contributed by atoms with E-state index in [0.717, 1.165) is 5.92 Å². The molecule has 1 aromatic rings. The number of nitrogens with two attached hydrogens (primary N) is 1. The van der Waals surface area contributed by atoms with Crippen LogP contribution in [0.5, 0.6) is 0 Å². The Bertz CT molecular complexity index is 377. The van der Waals surface area contributed by atoms with Crippen molar-refractivity contribution in [3.8, 4) is 0 Å². The fraction of sp³-hybridized carbons (Fsp3) is 0.571. The summed E-state index contributed by atoms with van der Waals surface area (Å²) >= 11 is 0. The summed E-state index contributed by atoms with van der Waals surface area (Å²) in [6.07, 6.45) is 7.75. The molecule has 0 bridgehead atoms. The van der Waals surface area contributed by atoms with E-state index < -0.39 is 0 Å². The van der Waals surface area contributed by atoms with Gasteiger partial charge in [0.15, 0.2) is 0 Å². The fourth-order valence-corrected chi connectivity index (χ4v) is 3.55. The van der Waals surface area contributed by atoms with Crippen LogP contribution in [0.1, 0.15) is 43.2 Å². The van der Waals surface area contributed by atoms with Crippen molar-refractivity contribution >= 4 is 12.4 Å². The number of rotatable bonds is 0. The Kier molecular flexibility index (Phi) is 3.27. The van der Waals surface area contributed by atoms with Crippen molar-refractivity contribution in [1.82, 2.24) is 0 Å². The van der Waals surface area contributed by atoms with Crippen LogP contribution in [-0.4, -0.2) is 0 Å². The minimum absolute atomic E-state index is 0. The summed E-state index contributed by atoms with van der Waals surface area (Å²) in [5, 5.41) is 0. The van der Waals surface area contributed by atoms with E-state index in [-0.39, 0.29) is 17.9 Å². The van der Waals surface area contributed by atoms with Gasteiger partial charge in [-0.15, -0.1) is 12.4 Å². The zero-order valence-corrected chi connectivity index (χ0v) is 10.4. The Balaban J connectivity index is 0.000000963. The molecule has 0 radical (unpaired) electrons. The van der Waals surface area contributed by atoms with E-state index in [0.29, 0.717) is 0 Å². The van der Waals surface area contributed by atoms with Gasteiger partial charge < -0.3 is 5.73 Å². The number of hydrogen-bond donors (Lipinski definition) is 1. The molecular weight excluding hydrogens is 218 g/mol. The second-order valence-corrected chi connectivity index (χ2v) is 5.18. The SMILES string of the molecule is Cl.NC12CCCCC1CCc1ccccc12. The third-order valence-corrected chi connectivity index (χ3v) is 4.40. The van der Waals surface area contributed by atoms with E-state index in [1.54, 1.807) is 0 Å². The van der Waals surface area contributed by atoms with E-state index in [9.17, 15) is 0 Å². The van der Waals surface area contributed by atoms with Crippen LogP contribution in [0.25, 0.3) is 0 Å². The van der Waals surface area contributed by atoms with Crippen molar-refractivity contribution in [2.45, 2.75) is 44.1 Å². The van der Waals surface area contributed by atoms with Crippen molar-refractivity contribution in [3.05, 3.63) is 35.4 Å². The second kappa shape index (κ2) is 4.38. The quantitative estimate of drug-likeness (QED) is 0.736. The average molecular weight is 238 g/mol. The molecular formula is C14H20ClN. The molecule has 88 valence electrons. The lowest BCUT2D eigenvalue weighted by Gasteiger charge is -2.46. The molecule has 2 aliphatic carbocycles. The summed E-state index contributed by atoms with van der Waals surface area (Å²) in [6.45, 7) is 0. The Morgan fingerprint density at radius 3 is 2.81 bits per heavy atom. The standard InChI is InChI=1S/C14H19N.ClH/c15-14-10-4-3-6-12(14)9-8-11-5-1-2-7-13(11)14;/h1-2,5,7,12H,3-4,6,8-10,15H2;1H. The largest absolute Gasteiger partial charge is 0.321 e. The zero-order valence-electron chi connectivity index (χ0n) is 9.61. The average Bonchev–Trinajstić information content (AvgIpc) is 2.29. The van der Waals surface area contributed by atoms with Gasteiger partial charge in [0.1, 0.15) is 0 Å². The number of fused-ring (bicyclic) bond motifs is 3. The normalized spacial score (nSPS) is 32.2. The Hall–Kier alpha value is -0.530. The van der Waals surface area contributed by atoms with Gasteiger partial charge >= 0.3 is 0 Å². The van der Waals surface area contributed by atoms with E-state index in [1.807, 2.05) is 0 Å². The predicted molar refractivity (Wildman–Crippen MR) is 69.8 cm³/mol. The van der Waals surface area contributed by atoms with Crippen molar-refractivity contribution in [1.29, 1.82) is 0 Å². The number of hydrogen-bond acceptors (Lipinski definition) is 1. The van der Waals surface area contributed by atoms with Crippen LogP contribution in [0.2, 0.25) is 0 Å². The first-order chi connectivity index (χ1) is 7.31. The maximum atomic E-state index is 6.68. The van der Waals surface area contributed by atoms with Crippen LogP contribution in [0, 0.1) is 5.92 Å². The summed E-state index contributed by atoms with van der Waals surface area (Å²) < 4.78 is 0. The second-order valence-electron chi connectivity index (χ2n) is 5.18. The van der Waals surface area contributed by atoms with Gasteiger partial charge in [0.05, 0.1) is 0 Å². The molecule has 2 aliphatic rings. The van der Waals surface area contributed by atoms with E-state index in [2.05, 4.69) is 24.3 Å². The van der Waals surface area contributed by atoms with E-state index in [1.165, 1.54) is 49.7 Å². The summed E-state index contributed by atoms with van der Waals surface area (Å²) in [4.78, 5) is 0. The van der Waals surface area contributed by atoms with Crippen LogP contribution >= 0.6 is 12.4 Å². The number of aryl methyl sites for hydroxylation is 1. The highest BCUT2D eigenvalue weighted by atomic mass is 35.5. The third kappa shape index (κ3) is 1.66. The first-order valence-corrected chi connectivity index (χ1v) is 6.18. The van der Waals surface area contributed by atoms with Crippen molar-refractivity contribution < 1.29 is 0 Å². The number of halogens is 1. The highest BCUT2D eigenvalue weighted by molar-refractivity contribution is 5.85. The van der Waals surface area contributed by atoms with Crippen LogP contribution in [0.3, 0.4) is 0 Å². The van der Waals surface area contributed by atoms with Crippen molar-refractivity contribution in [3.63, 3.8) is 0 Å². The Morgan fingerprint density at radius 1 is 1.12 bits per heavy atom. The highest BCUT2D eigenvalue weighted by Gasteiger charge is 2.41. The molecule has 0 heterocycles. The predicted octanol–water partition coefficient (Wildman–Crippen LogP) is 3.40. The first-order valence-electron chi connectivity index (χ1n) is 6.18. The van der Waals surface area contributed by atoms with Gasteiger partial charge in [0.2, 0.25) is 0 Å². The van der Waals surface area contributed by atoms with Gasteiger partial charge in [-0.05, 0) is 42.7 Å². The van der Waals surface area contributed by atoms with Gasteiger partial charge in [0, 0.05) is 5.54 Å². The van der Waals surface area contributed by atoms with Crippen LogP contribution in [0.4, 0.5) is 0 Å². The minimum Gasteiger partial charge on any atom is -0.321 e. The zero-order chi connectivity index (χ0) is 10.3. The van der Waals surface area contributed by atoms with Crippen molar-refractivity contribution in [2.24, 2.45) is 11.7 Å². The lowest BCUT2D eigenvalue weighted by Crippen LogP contribution is -2.49. The Labute approximate surface area is 104 Å². The third-order valence-electron chi connectivity index (χ3n) is 4.40. The van der Waals surface area contributed by atoms with Crippen molar-refractivity contribution in [2.75, 3.05) is 0 Å². The molecule has 16 heavy (non-hydrogen) atoms. The molecule has 2 heteroatoms. The maximum Gasteiger partial charge on any atom is 0.0441 e. The lowest BCUT2D eigenvalue weighted by atomic mass is 9.63. The van der Waals surface area contributed by atoms with Gasteiger partial charge in [-0.1, -0.05) is 37.1 Å². The summed E-state index contributed by atoms with van der Waals surface area (Å²) in [5.41, 5.74) is 9.63. The monoisotopic (exact) mass is 237 g/mol. The smallest absolute Gasteiger partial charge is 0.0441 e. The molecule has 1 fully saturated rings. The summed E-state index contributed by atoms with van der Waals surface area (Å²) in [7, 11) is 0. The fourth-order valence-electron chi connectivity index (χ4n) is 3.55. The summed E-state index contributed by atoms with van der Waals surface area (Å²) in [6, 6.07) is 8.80. The molecule has 0 saturated heterocycles. The van der Waals surface area contributed by atoms with E-state index in [4.69, 9.17) is 5.73 Å². The summed E-state index contributed by atoms with van der Waals surface area (Å²) in [5.74, 6) is 0.737. The maximum absolute atomic E-state index is 6.68. The molecule has 2 unspecified atom stereocenters. The molecule has 0 aliphatic heterocycles. The van der Waals surface area contributed by atoms with Crippen LogP contribution in [0.15, 0.2) is 24.3 Å². The van der Waals surface area contributed by atoms with Gasteiger partial charge in [-0.25, -0.2) is 0 Å². The molecule has 2 N–H and O–H groups in total. The molecule has 3 rings (SSSR count). The first kappa shape index (κ1) is 11.9. The number of benzene rings is 1. The van der Waals surface area contributed by atoms with Crippen LogP contribution in [-0.2, 0) is 12.0 Å². The molecule has 0 spiro atoms. The molecule has 0 amide bonds. The molecule has 0 aromatic heterocycles. The molecule has 1 saturated carbocycles. The molecule has 1 nitrogen and oxygen atoms in total. The Morgan fingerprint density at radius 2 is 1.94 bits per heavy atom. The topological polar surface area (TPSA) is 26.0 Å². The highest BCUT2D eigenvalue weighted by Crippen LogP contribution is 2.46. The van der Waals surface area contributed by atoms with E-state index >= 15 is 0 Å². The molecule has 2 atom stereocenters. The van der Waals surface area contributed by atoms with Gasteiger partial charge in [-0.3, -0.25) is 0 Å². The van der Waals surface area contributed by atoms with Gasteiger partial charge in [-0.2, -0.15) is 0 Å². The minimum atomic E-state index is 0. The molecule has 1 aromatic carbocycles. The van der Waals surface area contributed by atoms with Crippen LogP contribution < -0.4 is 5.73 Å². The lowest BCUT2D eigenvalue weighted by molar-refractivity contribution is 0.165.